The summed E-state index contributed by atoms with van der Waals surface area (Å²) in [6.45, 7) is 4.38. The van der Waals surface area contributed by atoms with Crippen LogP contribution in [0.25, 0.3) is 0 Å². The Balaban J connectivity index is 2.47. The van der Waals surface area contributed by atoms with Crippen molar-refractivity contribution in [3.63, 3.8) is 0 Å². The Bertz CT molecular complexity index is 321. The molecule has 0 fully saturated rings. The standard InChI is InChI=1S/C11H17ClN2O2/c1-3-15-4-5-16-11-10(12)6-9(7-13-2)8-14-11/h6,8,13H,3-5,7H2,1-2H3. The fourth-order valence-electron chi connectivity index (χ4n) is 1.21. The highest BCUT2D eigenvalue weighted by molar-refractivity contribution is 6.31. The van der Waals surface area contributed by atoms with Gasteiger partial charge in [0.25, 0.3) is 0 Å². The van der Waals surface area contributed by atoms with Crippen LogP contribution in [0.4, 0.5) is 0 Å². The maximum Gasteiger partial charge on any atom is 0.232 e. The zero-order valence-corrected chi connectivity index (χ0v) is 10.4. The van der Waals surface area contributed by atoms with E-state index in [2.05, 4.69) is 10.3 Å². The number of ether oxygens (including phenoxy) is 2. The van der Waals surface area contributed by atoms with Crippen molar-refractivity contribution in [3.05, 3.63) is 22.8 Å². The Hall–Kier alpha value is -0.840. The number of hydrogen-bond acceptors (Lipinski definition) is 4. The summed E-state index contributed by atoms with van der Waals surface area (Å²) >= 11 is 6.02. The molecule has 1 N–H and O–H groups in total. The first-order chi connectivity index (χ1) is 7.77. The molecule has 0 amide bonds. The van der Waals surface area contributed by atoms with E-state index in [9.17, 15) is 0 Å². The molecule has 4 nitrogen and oxygen atoms in total. The van der Waals surface area contributed by atoms with E-state index >= 15 is 0 Å². The zero-order chi connectivity index (χ0) is 11.8. The molecule has 5 heteroatoms. The van der Waals surface area contributed by atoms with Crippen LogP contribution in [0.5, 0.6) is 5.88 Å². The number of pyridine rings is 1. The van der Waals surface area contributed by atoms with Gasteiger partial charge in [0.05, 0.1) is 6.61 Å². The number of halogens is 1. The van der Waals surface area contributed by atoms with E-state index in [-0.39, 0.29) is 0 Å². The van der Waals surface area contributed by atoms with Gasteiger partial charge in [0.15, 0.2) is 0 Å². The first-order valence-corrected chi connectivity index (χ1v) is 5.65. The molecular weight excluding hydrogens is 228 g/mol. The molecule has 0 aliphatic heterocycles. The maximum atomic E-state index is 6.02. The lowest BCUT2D eigenvalue weighted by atomic mass is 10.3. The van der Waals surface area contributed by atoms with Gasteiger partial charge in [-0.05, 0) is 25.6 Å². The maximum absolute atomic E-state index is 6.02. The van der Waals surface area contributed by atoms with Crippen LogP contribution in [-0.2, 0) is 11.3 Å². The Morgan fingerprint density at radius 2 is 2.25 bits per heavy atom. The van der Waals surface area contributed by atoms with Crippen molar-refractivity contribution in [3.8, 4) is 5.88 Å². The van der Waals surface area contributed by atoms with Crippen molar-refractivity contribution in [2.24, 2.45) is 0 Å². The van der Waals surface area contributed by atoms with Gasteiger partial charge in [0.2, 0.25) is 5.88 Å². The topological polar surface area (TPSA) is 43.4 Å². The molecule has 0 aliphatic carbocycles. The normalized spacial score (nSPS) is 10.4. The fraction of sp³-hybridized carbons (Fsp3) is 0.545. The lowest BCUT2D eigenvalue weighted by Crippen LogP contribution is -2.09. The Kier molecular flexibility index (Phi) is 6.15. The Morgan fingerprint density at radius 1 is 1.44 bits per heavy atom. The van der Waals surface area contributed by atoms with Crippen LogP contribution in [0.15, 0.2) is 12.3 Å². The molecule has 0 aromatic carbocycles. The molecule has 1 heterocycles. The molecule has 0 atom stereocenters. The SMILES string of the molecule is CCOCCOc1ncc(CNC)cc1Cl. The highest BCUT2D eigenvalue weighted by Crippen LogP contribution is 2.22. The van der Waals surface area contributed by atoms with Gasteiger partial charge in [0, 0.05) is 19.3 Å². The highest BCUT2D eigenvalue weighted by atomic mass is 35.5. The Morgan fingerprint density at radius 3 is 2.88 bits per heavy atom. The molecule has 0 radical (unpaired) electrons. The van der Waals surface area contributed by atoms with Crippen molar-refractivity contribution in [1.82, 2.24) is 10.3 Å². The minimum atomic E-state index is 0.459. The van der Waals surface area contributed by atoms with E-state index in [1.807, 2.05) is 20.0 Å². The van der Waals surface area contributed by atoms with Crippen LogP contribution in [0.2, 0.25) is 5.02 Å². The molecule has 0 unspecified atom stereocenters. The van der Waals surface area contributed by atoms with Gasteiger partial charge in [-0.15, -0.1) is 0 Å². The van der Waals surface area contributed by atoms with Crippen LogP contribution < -0.4 is 10.1 Å². The molecule has 1 rings (SSSR count). The summed E-state index contributed by atoms with van der Waals surface area (Å²) in [6, 6.07) is 1.85. The van der Waals surface area contributed by atoms with E-state index in [4.69, 9.17) is 21.1 Å². The van der Waals surface area contributed by atoms with E-state index in [1.54, 1.807) is 6.20 Å². The number of nitrogens with one attached hydrogen (secondary N) is 1. The molecule has 16 heavy (non-hydrogen) atoms. The van der Waals surface area contributed by atoms with Gasteiger partial charge >= 0.3 is 0 Å². The third kappa shape index (κ3) is 4.35. The van der Waals surface area contributed by atoms with Gasteiger partial charge in [-0.25, -0.2) is 4.98 Å². The third-order valence-electron chi connectivity index (χ3n) is 1.92. The highest BCUT2D eigenvalue weighted by Gasteiger charge is 2.04. The number of aromatic nitrogens is 1. The molecule has 0 saturated carbocycles. The number of rotatable bonds is 7. The number of nitrogens with zero attached hydrogens (tertiary/aromatic N) is 1. The molecule has 0 saturated heterocycles. The average Bonchev–Trinajstić information content (AvgIpc) is 2.27. The second-order valence-corrected chi connectivity index (χ2v) is 3.61. The van der Waals surface area contributed by atoms with Gasteiger partial charge in [0.1, 0.15) is 11.6 Å². The summed E-state index contributed by atoms with van der Waals surface area (Å²) in [7, 11) is 1.88. The largest absolute Gasteiger partial charge is 0.474 e. The molecule has 0 bridgehead atoms. The fourth-order valence-corrected chi connectivity index (χ4v) is 1.46. The summed E-state index contributed by atoms with van der Waals surface area (Å²) in [4.78, 5) is 4.14. The van der Waals surface area contributed by atoms with Gasteiger partial charge in [-0.3, -0.25) is 0 Å². The third-order valence-corrected chi connectivity index (χ3v) is 2.19. The average molecular weight is 245 g/mol. The summed E-state index contributed by atoms with van der Waals surface area (Å²) in [5.74, 6) is 0.459. The predicted octanol–water partition coefficient (Wildman–Crippen LogP) is 1.87. The van der Waals surface area contributed by atoms with Crippen molar-refractivity contribution < 1.29 is 9.47 Å². The van der Waals surface area contributed by atoms with Crippen molar-refractivity contribution in [1.29, 1.82) is 0 Å². The van der Waals surface area contributed by atoms with Crippen LogP contribution in [-0.4, -0.2) is 31.9 Å². The summed E-state index contributed by atoms with van der Waals surface area (Å²) < 4.78 is 10.5. The van der Waals surface area contributed by atoms with E-state index in [1.165, 1.54) is 0 Å². The molecule has 1 aromatic rings. The van der Waals surface area contributed by atoms with Gasteiger partial charge in [-0.1, -0.05) is 11.6 Å². The first kappa shape index (κ1) is 13.2. The molecule has 0 aliphatic rings. The van der Waals surface area contributed by atoms with Gasteiger partial charge < -0.3 is 14.8 Å². The summed E-state index contributed by atoms with van der Waals surface area (Å²) in [6.07, 6.45) is 1.75. The van der Waals surface area contributed by atoms with Crippen LogP contribution in [0.3, 0.4) is 0 Å². The van der Waals surface area contributed by atoms with Crippen LogP contribution in [0, 0.1) is 0 Å². The van der Waals surface area contributed by atoms with E-state index in [0.29, 0.717) is 30.7 Å². The second-order valence-electron chi connectivity index (χ2n) is 3.21. The number of hydrogen-bond donors (Lipinski definition) is 1. The minimum absolute atomic E-state index is 0.459. The second kappa shape index (κ2) is 7.44. The summed E-state index contributed by atoms with van der Waals surface area (Å²) in [5, 5.41) is 3.56. The minimum Gasteiger partial charge on any atom is -0.474 e. The lowest BCUT2D eigenvalue weighted by Gasteiger charge is -2.08. The van der Waals surface area contributed by atoms with Gasteiger partial charge in [-0.2, -0.15) is 0 Å². The first-order valence-electron chi connectivity index (χ1n) is 5.27. The van der Waals surface area contributed by atoms with Crippen molar-refractivity contribution >= 4 is 11.6 Å². The van der Waals surface area contributed by atoms with Crippen molar-refractivity contribution in [2.75, 3.05) is 26.9 Å². The lowest BCUT2D eigenvalue weighted by molar-refractivity contribution is 0.108. The molecular formula is C11H17ClN2O2. The molecule has 90 valence electrons. The quantitative estimate of drug-likeness (QED) is 0.744. The van der Waals surface area contributed by atoms with Crippen molar-refractivity contribution in [2.45, 2.75) is 13.5 Å². The predicted molar refractivity (Wildman–Crippen MR) is 64.0 cm³/mol. The van der Waals surface area contributed by atoms with Crippen LogP contribution >= 0.6 is 11.6 Å². The van der Waals surface area contributed by atoms with Crippen LogP contribution in [0.1, 0.15) is 12.5 Å². The smallest absolute Gasteiger partial charge is 0.232 e. The Labute approximate surface area is 101 Å². The molecule has 1 aromatic heterocycles. The molecule has 0 spiro atoms. The van der Waals surface area contributed by atoms with E-state index in [0.717, 1.165) is 12.1 Å². The zero-order valence-electron chi connectivity index (χ0n) is 9.62. The monoisotopic (exact) mass is 244 g/mol. The van der Waals surface area contributed by atoms with E-state index < -0.39 is 0 Å². The summed E-state index contributed by atoms with van der Waals surface area (Å²) in [5.41, 5.74) is 1.03.